The largest absolute Gasteiger partial charge is 0.360 e. The number of carbonyl (C=O) groups excluding carboxylic acids is 2. The van der Waals surface area contributed by atoms with E-state index in [1.807, 2.05) is 31.2 Å². The predicted octanol–water partition coefficient (Wildman–Crippen LogP) is 2.64. The molecule has 1 aromatic carbocycles. The third-order valence-corrected chi connectivity index (χ3v) is 4.24. The van der Waals surface area contributed by atoms with E-state index in [0.29, 0.717) is 10.7 Å². The number of aromatic nitrogens is 2. The van der Waals surface area contributed by atoms with Gasteiger partial charge in [-0.2, -0.15) is 0 Å². The summed E-state index contributed by atoms with van der Waals surface area (Å²) < 4.78 is 0. The van der Waals surface area contributed by atoms with Gasteiger partial charge in [-0.05, 0) is 13.0 Å². The van der Waals surface area contributed by atoms with E-state index >= 15 is 0 Å². The second-order valence-electron chi connectivity index (χ2n) is 5.23. The van der Waals surface area contributed by atoms with Crippen molar-refractivity contribution in [3.05, 3.63) is 47.1 Å². The minimum absolute atomic E-state index is 0.0308. The predicted molar refractivity (Wildman–Crippen MR) is 90.7 cm³/mol. The van der Waals surface area contributed by atoms with Crippen molar-refractivity contribution in [3.8, 4) is 0 Å². The Balaban J connectivity index is 1.69. The number of anilines is 1. The standard InChI is InChI=1S/C16H16N4O2S/c1-10-7-18-16(23-10)19-14(21)9-20(2)15(22)12-8-17-13-6-4-3-5-11(12)13/h3-8,17H,9H2,1-2H3,(H,18,19,21). The Kier molecular flexibility index (Phi) is 4.12. The van der Waals surface area contributed by atoms with Gasteiger partial charge < -0.3 is 15.2 Å². The fraction of sp³-hybridized carbons (Fsp3) is 0.188. The highest BCUT2D eigenvalue weighted by atomic mass is 32.1. The molecule has 0 spiro atoms. The van der Waals surface area contributed by atoms with E-state index in [0.717, 1.165) is 15.8 Å². The Morgan fingerprint density at radius 2 is 2.13 bits per heavy atom. The lowest BCUT2D eigenvalue weighted by molar-refractivity contribution is -0.116. The summed E-state index contributed by atoms with van der Waals surface area (Å²) in [5.41, 5.74) is 1.45. The number of para-hydroxylation sites is 1. The van der Waals surface area contributed by atoms with Crippen molar-refractivity contribution in [2.45, 2.75) is 6.92 Å². The first kappa shape index (κ1) is 15.2. The molecule has 7 heteroatoms. The molecule has 0 atom stereocenters. The molecule has 0 saturated carbocycles. The lowest BCUT2D eigenvalue weighted by atomic mass is 10.1. The summed E-state index contributed by atoms with van der Waals surface area (Å²) in [5, 5.41) is 4.09. The summed E-state index contributed by atoms with van der Waals surface area (Å²) in [6, 6.07) is 7.57. The molecule has 0 bridgehead atoms. The van der Waals surface area contributed by atoms with E-state index in [9.17, 15) is 9.59 Å². The van der Waals surface area contributed by atoms with Crippen LogP contribution in [0.3, 0.4) is 0 Å². The van der Waals surface area contributed by atoms with Gasteiger partial charge in [0.05, 0.1) is 12.1 Å². The van der Waals surface area contributed by atoms with Crippen LogP contribution in [0.2, 0.25) is 0 Å². The first-order chi connectivity index (χ1) is 11.0. The van der Waals surface area contributed by atoms with E-state index in [1.165, 1.54) is 16.2 Å². The summed E-state index contributed by atoms with van der Waals surface area (Å²) in [6.45, 7) is 1.89. The van der Waals surface area contributed by atoms with Crippen LogP contribution in [-0.2, 0) is 4.79 Å². The van der Waals surface area contributed by atoms with E-state index in [2.05, 4.69) is 15.3 Å². The van der Waals surface area contributed by atoms with Crippen LogP contribution < -0.4 is 5.32 Å². The van der Waals surface area contributed by atoms with Crippen molar-refractivity contribution >= 4 is 39.2 Å². The minimum atomic E-state index is -0.268. The fourth-order valence-corrected chi connectivity index (χ4v) is 2.99. The number of benzene rings is 1. The number of amides is 2. The van der Waals surface area contributed by atoms with Crippen molar-refractivity contribution in [2.75, 3.05) is 18.9 Å². The molecule has 23 heavy (non-hydrogen) atoms. The summed E-state index contributed by atoms with van der Waals surface area (Å²) in [6.07, 6.45) is 3.37. The summed E-state index contributed by atoms with van der Waals surface area (Å²) in [7, 11) is 1.61. The number of hydrogen-bond donors (Lipinski definition) is 2. The lowest BCUT2D eigenvalue weighted by Gasteiger charge is -2.15. The maximum absolute atomic E-state index is 12.5. The minimum Gasteiger partial charge on any atom is -0.360 e. The highest BCUT2D eigenvalue weighted by Gasteiger charge is 2.18. The number of aromatic amines is 1. The zero-order chi connectivity index (χ0) is 16.4. The second kappa shape index (κ2) is 6.21. The highest BCUT2D eigenvalue weighted by molar-refractivity contribution is 7.15. The van der Waals surface area contributed by atoms with Crippen molar-refractivity contribution in [1.29, 1.82) is 0 Å². The number of nitrogens with one attached hydrogen (secondary N) is 2. The van der Waals surface area contributed by atoms with Gasteiger partial charge in [-0.15, -0.1) is 11.3 Å². The first-order valence-electron chi connectivity index (χ1n) is 7.08. The van der Waals surface area contributed by atoms with Gasteiger partial charge in [0.2, 0.25) is 5.91 Å². The van der Waals surface area contributed by atoms with Gasteiger partial charge in [-0.1, -0.05) is 18.2 Å². The number of H-pyrrole nitrogens is 1. The Labute approximate surface area is 137 Å². The number of nitrogens with zero attached hydrogens (tertiary/aromatic N) is 2. The Bertz CT molecular complexity index is 868. The van der Waals surface area contributed by atoms with Gasteiger partial charge in [0.15, 0.2) is 5.13 Å². The SMILES string of the molecule is Cc1cnc(NC(=O)CN(C)C(=O)c2c[nH]c3ccccc23)s1. The van der Waals surface area contributed by atoms with Crippen LogP contribution in [0, 0.1) is 6.92 Å². The van der Waals surface area contributed by atoms with Crippen LogP contribution in [-0.4, -0.2) is 40.3 Å². The van der Waals surface area contributed by atoms with Gasteiger partial charge in [0.25, 0.3) is 5.91 Å². The van der Waals surface area contributed by atoms with Gasteiger partial charge in [-0.3, -0.25) is 9.59 Å². The molecule has 0 aliphatic carbocycles. The van der Waals surface area contributed by atoms with Crippen LogP contribution >= 0.6 is 11.3 Å². The lowest BCUT2D eigenvalue weighted by Crippen LogP contribution is -2.34. The molecule has 0 radical (unpaired) electrons. The number of fused-ring (bicyclic) bond motifs is 1. The molecule has 0 aliphatic heterocycles. The van der Waals surface area contributed by atoms with Crippen molar-refractivity contribution in [2.24, 2.45) is 0 Å². The molecular formula is C16H16N4O2S. The maximum atomic E-state index is 12.5. The quantitative estimate of drug-likeness (QED) is 0.773. The van der Waals surface area contributed by atoms with Crippen LogP contribution in [0.4, 0.5) is 5.13 Å². The third kappa shape index (κ3) is 3.24. The Morgan fingerprint density at radius 3 is 2.87 bits per heavy atom. The van der Waals surface area contributed by atoms with Gasteiger partial charge >= 0.3 is 0 Å². The molecular weight excluding hydrogens is 312 g/mol. The van der Waals surface area contributed by atoms with E-state index in [1.54, 1.807) is 19.4 Å². The molecule has 2 amide bonds. The Hall–Kier alpha value is -2.67. The van der Waals surface area contributed by atoms with Crippen molar-refractivity contribution in [3.63, 3.8) is 0 Å². The van der Waals surface area contributed by atoms with Gasteiger partial charge in [0, 0.05) is 35.2 Å². The van der Waals surface area contributed by atoms with Crippen LogP contribution in [0.5, 0.6) is 0 Å². The van der Waals surface area contributed by atoms with Crippen molar-refractivity contribution in [1.82, 2.24) is 14.9 Å². The number of aryl methyl sites for hydroxylation is 1. The number of rotatable bonds is 4. The maximum Gasteiger partial charge on any atom is 0.256 e. The topological polar surface area (TPSA) is 78.1 Å². The molecule has 0 aliphatic rings. The number of hydrogen-bond acceptors (Lipinski definition) is 4. The van der Waals surface area contributed by atoms with E-state index in [4.69, 9.17) is 0 Å². The van der Waals surface area contributed by atoms with Crippen molar-refractivity contribution < 1.29 is 9.59 Å². The summed E-state index contributed by atoms with van der Waals surface area (Å²) in [5.74, 6) is -0.469. The van der Waals surface area contributed by atoms with Crippen LogP contribution in [0.25, 0.3) is 10.9 Å². The number of likely N-dealkylation sites (N-methyl/N-ethyl adjacent to an activating group) is 1. The Morgan fingerprint density at radius 1 is 1.35 bits per heavy atom. The molecule has 2 heterocycles. The monoisotopic (exact) mass is 328 g/mol. The molecule has 0 fully saturated rings. The molecule has 2 aromatic heterocycles. The molecule has 6 nitrogen and oxygen atoms in total. The number of thiazole rings is 1. The molecule has 0 unspecified atom stereocenters. The molecule has 3 rings (SSSR count). The van der Waals surface area contributed by atoms with Crippen LogP contribution in [0.15, 0.2) is 36.7 Å². The molecule has 118 valence electrons. The second-order valence-corrected chi connectivity index (χ2v) is 6.47. The van der Waals surface area contributed by atoms with Crippen LogP contribution in [0.1, 0.15) is 15.2 Å². The summed E-state index contributed by atoms with van der Waals surface area (Å²) in [4.78, 5) is 34.1. The summed E-state index contributed by atoms with van der Waals surface area (Å²) >= 11 is 1.40. The van der Waals surface area contributed by atoms with Gasteiger partial charge in [-0.25, -0.2) is 4.98 Å². The first-order valence-corrected chi connectivity index (χ1v) is 7.90. The number of carbonyl (C=O) groups is 2. The molecule has 0 saturated heterocycles. The molecule has 2 N–H and O–H groups in total. The van der Waals surface area contributed by atoms with Gasteiger partial charge in [0.1, 0.15) is 0 Å². The van der Waals surface area contributed by atoms with E-state index in [-0.39, 0.29) is 18.4 Å². The smallest absolute Gasteiger partial charge is 0.256 e. The average molecular weight is 328 g/mol. The average Bonchev–Trinajstić information content (AvgIpc) is 3.12. The van der Waals surface area contributed by atoms with E-state index < -0.39 is 0 Å². The zero-order valence-electron chi connectivity index (χ0n) is 12.8. The zero-order valence-corrected chi connectivity index (χ0v) is 13.6. The normalized spacial score (nSPS) is 10.7. The molecule has 3 aromatic rings. The fourth-order valence-electron chi connectivity index (χ4n) is 2.31. The highest BCUT2D eigenvalue weighted by Crippen LogP contribution is 2.19. The third-order valence-electron chi connectivity index (χ3n) is 3.41.